The van der Waals surface area contributed by atoms with Gasteiger partial charge in [-0.3, -0.25) is 4.90 Å². The number of para-hydroxylation sites is 1. The molecule has 0 spiro atoms. The van der Waals surface area contributed by atoms with Crippen LogP contribution in [0.2, 0.25) is 0 Å². The van der Waals surface area contributed by atoms with Gasteiger partial charge in [-0.1, -0.05) is 18.2 Å². The molecule has 1 aliphatic rings. The third-order valence-electron chi connectivity index (χ3n) is 4.22. The van der Waals surface area contributed by atoms with Crippen LogP contribution in [0.5, 0.6) is 0 Å². The van der Waals surface area contributed by atoms with Crippen molar-refractivity contribution in [2.75, 3.05) is 19.6 Å². The fourth-order valence-corrected chi connectivity index (χ4v) is 3.13. The minimum Gasteiger partial charge on any atom is -0.461 e. The molecule has 2 heterocycles. The van der Waals surface area contributed by atoms with Gasteiger partial charge in [0.05, 0.1) is 0 Å². The highest BCUT2D eigenvalue weighted by molar-refractivity contribution is 5.85. The fourth-order valence-electron chi connectivity index (χ4n) is 3.13. The lowest BCUT2D eigenvalue weighted by Crippen LogP contribution is -2.37. The lowest BCUT2D eigenvalue weighted by molar-refractivity contribution is 0.171. The van der Waals surface area contributed by atoms with E-state index in [0.29, 0.717) is 5.92 Å². The van der Waals surface area contributed by atoms with Crippen LogP contribution >= 0.6 is 12.4 Å². The van der Waals surface area contributed by atoms with Crippen LogP contribution in [0.1, 0.15) is 24.2 Å². The summed E-state index contributed by atoms with van der Waals surface area (Å²) in [4.78, 5) is 2.52. The molecule has 3 rings (SSSR count). The quantitative estimate of drug-likeness (QED) is 0.944. The Bertz CT molecular complexity index is 567. The second kappa shape index (κ2) is 6.61. The summed E-state index contributed by atoms with van der Waals surface area (Å²) in [6.07, 6.45) is 2.54. The second-order valence-corrected chi connectivity index (χ2v) is 5.61. The zero-order valence-electron chi connectivity index (χ0n) is 12.0. The Morgan fingerprint density at radius 1 is 1.35 bits per heavy atom. The van der Waals surface area contributed by atoms with Crippen LogP contribution in [0.15, 0.2) is 28.7 Å². The van der Waals surface area contributed by atoms with Gasteiger partial charge in [-0.15, -0.1) is 12.4 Å². The number of nitrogens with zero attached hydrogens (tertiary/aromatic N) is 1. The lowest BCUT2D eigenvalue weighted by atomic mass is 9.97. The van der Waals surface area contributed by atoms with E-state index in [4.69, 9.17) is 10.2 Å². The summed E-state index contributed by atoms with van der Waals surface area (Å²) in [7, 11) is 0. The minimum atomic E-state index is 0. The van der Waals surface area contributed by atoms with Crippen LogP contribution in [0.25, 0.3) is 11.0 Å². The average molecular weight is 295 g/mol. The van der Waals surface area contributed by atoms with Gasteiger partial charge in [0.1, 0.15) is 11.3 Å². The van der Waals surface area contributed by atoms with Gasteiger partial charge in [0.25, 0.3) is 0 Å². The van der Waals surface area contributed by atoms with E-state index in [9.17, 15) is 0 Å². The van der Waals surface area contributed by atoms with Crippen LogP contribution < -0.4 is 5.73 Å². The maximum atomic E-state index is 5.84. The molecule has 20 heavy (non-hydrogen) atoms. The number of halogens is 1. The molecule has 2 N–H and O–H groups in total. The van der Waals surface area contributed by atoms with E-state index < -0.39 is 0 Å². The predicted molar refractivity (Wildman–Crippen MR) is 85.3 cm³/mol. The molecule has 2 aromatic rings. The van der Waals surface area contributed by atoms with Crippen LogP contribution in [0.3, 0.4) is 0 Å². The van der Waals surface area contributed by atoms with E-state index in [1.54, 1.807) is 0 Å². The number of benzene rings is 1. The summed E-state index contributed by atoms with van der Waals surface area (Å²) in [5.74, 6) is 1.71. The van der Waals surface area contributed by atoms with Gasteiger partial charge in [-0.25, -0.2) is 0 Å². The molecule has 1 aromatic carbocycles. The van der Waals surface area contributed by atoms with Gasteiger partial charge in [0.15, 0.2) is 0 Å². The second-order valence-electron chi connectivity index (χ2n) is 5.61. The van der Waals surface area contributed by atoms with Crippen molar-refractivity contribution in [2.45, 2.75) is 26.3 Å². The van der Waals surface area contributed by atoms with E-state index in [1.807, 2.05) is 12.1 Å². The van der Waals surface area contributed by atoms with Crippen molar-refractivity contribution in [3.8, 4) is 0 Å². The molecule has 0 amide bonds. The Balaban J connectivity index is 0.00000147. The van der Waals surface area contributed by atoms with E-state index >= 15 is 0 Å². The molecular formula is C16H23ClN2O. The minimum absolute atomic E-state index is 0. The van der Waals surface area contributed by atoms with Gasteiger partial charge in [0, 0.05) is 24.0 Å². The number of hydrogen-bond acceptors (Lipinski definition) is 3. The topological polar surface area (TPSA) is 42.4 Å². The van der Waals surface area contributed by atoms with Gasteiger partial charge in [-0.2, -0.15) is 0 Å². The zero-order valence-corrected chi connectivity index (χ0v) is 12.8. The molecule has 0 saturated carbocycles. The van der Waals surface area contributed by atoms with Crippen LogP contribution in [0, 0.1) is 12.8 Å². The molecule has 1 saturated heterocycles. The molecule has 0 bridgehead atoms. The number of nitrogens with two attached hydrogens (primary N) is 1. The number of fused-ring (bicyclic) bond motifs is 1. The standard InChI is InChI=1S/C16H22N2O.ClH/c1-12-15(14-6-2-3-7-16(14)19-12)11-18-8-4-5-13(9-17)10-18;/h2-3,6-7,13H,4-5,8-11,17H2,1H3;1H. The lowest BCUT2D eigenvalue weighted by Gasteiger charge is -2.32. The van der Waals surface area contributed by atoms with Crippen molar-refractivity contribution in [1.29, 1.82) is 0 Å². The molecule has 1 aliphatic heterocycles. The third-order valence-corrected chi connectivity index (χ3v) is 4.22. The summed E-state index contributed by atoms with van der Waals surface area (Å²) in [5, 5.41) is 1.26. The normalized spacial score (nSPS) is 20.0. The molecular weight excluding hydrogens is 272 g/mol. The summed E-state index contributed by atoms with van der Waals surface area (Å²) in [6.45, 7) is 6.16. The molecule has 1 unspecified atom stereocenters. The molecule has 110 valence electrons. The first-order chi connectivity index (χ1) is 9.28. The largest absolute Gasteiger partial charge is 0.461 e. The Morgan fingerprint density at radius 2 is 2.15 bits per heavy atom. The molecule has 0 aliphatic carbocycles. The van der Waals surface area contributed by atoms with Gasteiger partial charge < -0.3 is 10.2 Å². The molecule has 1 atom stereocenters. The maximum absolute atomic E-state index is 5.84. The van der Waals surface area contributed by atoms with Crippen molar-refractivity contribution < 1.29 is 4.42 Å². The Morgan fingerprint density at radius 3 is 2.95 bits per heavy atom. The SMILES string of the molecule is Cc1oc2ccccc2c1CN1CCCC(CN)C1.Cl. The van der Waals surface area contributed by atoms with E-state index in [1.165, 1.54) is 30.3 Å². The summed E-state index contributed by atoms with van der Waals surface area (Å²) >= 11 is 0. The highest BCUT2D eigenvalue weighted by atomic mass is 35.5. The summed E-state index contributed by atoms with van der Waals surface area (Å²) < 4.78 is 5.84. The molecule has 1 aromatic heterocycles. The van der Waals surface area contributed by atoms with E-state index in [0.717, 1.165) is 31.0 Å². The molecule has 1 fully saturated rings. The number of likely N-dealkylation sites (tertiary alicyclic amines) is 1. The van der Waals surface area contributed by atoms with Crippen molar-refractivity contribution >= 4 is 23.4 Å². The molecule has 3 nitrogen and oxygen atoms in total. The number of piperidine rings is 1. The number of rotatable bonds is 3. The van der Waals surface area contributed by atoms with Gasteiger partial charge in [-0.05, 0) is 44.8 Å². The predicted octanol–water partition coefficient (Wildman–Crippen LogP) is 3.33. The Labute approximate surface area is 126 Å². The smallest absolute Gasteiger partial charge is 0.134 e. The third kappa shape index (κ3) is 3.00. The number of aryl methyl sites for hydroxylation is 1. The van der Waals surface area contributed by atoms with Crippen molar-refractivity contribution in [1.82, 2.24) is 4.90 Å². The molecule has 0 radical (unpaired) electrons. The van der Waals surface area contributed by atoms with Crippen molar-refractivity contribution in [3.63, 3.8) is 0 Å². The first-order valence-electron chi connectivity index (χ1n) is 7.17. The van der Waals surface area contributed by atoms with Crippen LogP contribution in [0.4, 0.5) is 0 Å². The van der Waals surface area contributed by atoms with Crippen molar-refractivity contribution in [3.05, 3.63) is 35.6 Å². The number of hydrogen-bond donors (Lipinski definition) is 1. The highest BCUT2D eigenvalue weighted by Crippen LogP contribution is 2.27. The monoisotopic (exact) mass is 294 g/mol. The van der Waals surface area contributed by atoms with Gasteiger partial charge >= 0.3 is 0 Å². The van der Waals surface area contributed by atoms with E-state index in [-0.39, 0.29) is 12.4 Å². The Kier molecular flexibility index (Phi) is 5.08. The summed E-state index contributed by atoms with van der Waals surface area (Å²) in [6, 6.07) is 8.32. The van der Waals surface area contributed by atoms with Crippen molar-refractivity contribution in [2.24, 2.45) is 11.7 Å². The van der Waals surface area contributed by atoms with E-state index in [2.05, 4.69) is 24.0 Å². The first kappa shape index (κ1) is 15.4. The van der Waals surface area contributed by atoms with Gasteiger partial charge in [0.2, 0.25) is 0 Å². The average Bonchev–Trinajstić information content (AvgIpc) is 2.76. The number of furan rings is 1. The Hall–Kier alpha value is -1.03. The first-order valence-corrected chi connectivity index (χ1v) is 7.17. The summed E-state index contributed by atoms with van der Waals surface area (Å²) in [5.41, 5.74) is 8.16. The van der Waals surface area contributed by atoms with Crippen LogP contribution in [-0.4, -0.2) is 24.5 Å². The zero-order chi connectivity index (χ0) is 13.2. The highest BCUT2D eigenvalue weighted by Gasteiger charge is 2.21. The fraction of sp³-hybridized carbons (Fsp3) is 0.500. The molecule has 4 heteroatoms. The van der Waals surface area contributed by atoms with Crippen LogP contribution in [-0.2, 0) is 6.54 Å². The maximum Gasteiger partial charge on any atom is 0.134 e.